The number of halogens is 1. The molecule has 2 heterocycles. The number of nitro groups is 1. The van der Waals surface area contributed by atoms with Gasteiger partial charge in [0.05, 0.1) is 22.3 Å². The van der Waals surface area contributed by atoms with Crippen molar-refractivity contribution in [1.82, 2.24) is 15.2 Å². The Labute approximate surface area is 106 Å². The Bertz CT molecular complexity index is 767. The van der Waals surface area contributed by atoms with Crippen molar-refractivity contribution in [2.45, 2.75) is 0 Å². The van der Waals surface area contributed by atoms with E-state index in [0.717, 1.165) is 6.20 Å². The highest BCUT2D eigenvalue weighted by atomic mass is 19.1. The van der Waals surface area contributed by atoms with E-state index in [2.05, 4.69) is 15.2 Å². The molecular weight excluding hydrogens is 251 g/mol. The maximum Gasteiger partial charge on any atom is 0.270 e. The van der Waals surface area contributed by atoms with E-state index in [0.29, 0.717) is 22.3 Å². The Morgan fingerprint density at radius 3 is 2.79 bits per heavy atom. The van der Waals surface area contributed by atoms with Crippen molar-refractivity contribution in [2.24, 2.45) is 0 Å². The van der Waals surface area contributed by atoms with E-state index in [1.54, 1.807) is 6.07 Å². The standard InChI is InChI=1S/C12H7FN4O2/c13-7-1-3-11(14-6-7)12-9-5-8(17(18)19)2-4-10(9)15-16-12/h1-6H,(H,15,16). The lowest BCUT2D eigenvalue weighted by atomic mass is 10.1. The van der Waals surface area contributed by atoms with Gasteiger partial charge in [-0.2, -0.15) is 5.10 Å². The summed E-state index contributed by atoms with van der Waals surface area (Å²) in [5, 5.41) is 18.2. The van der Waals surface area contributed by atoms with Crippen LogP contribution in [0.3, 0.4) is 0 Å². The van der Waals surface area contributed by atoms with Crippen LogP contribution in [0.25, 0.3) is 22.3 Å². The predicted octanol–water partition coefficient (Wildman–Crippen LogP) is 2.67. The fraction of sp³-hybridized carbons (Fsp3) is 0. The molecule has 0 fully saturated rings. The van der Waals surface area contributed by atoms with Crippen molar-refractivity contribution in [3.63, 3.8) is 0 Å². The molecule has 3 aromatic rings. The number of H-pyrrole nitrogens is 1. The number of fused-ring (bicyclic) bond motifs is 1. The third-order valence-corrected chi connectivity index (χ3v) is 2.73. The Balaban J connectivity index is 2.21. The van der Waals surface area contributed by atoms with Crippen molar-refractivity contribution in [2.75, 3.05) is 0 Å². The van der Waals surface area contributed by atoms with E-state index in [1.165, 1.54) is 24.3 Å². The zero-order valence-electron chi connectivity index (χ0n) is 9.50. The van der Waals surface area contributed by atoms with Gasteiger partial charge in [-0.1, -0.05) is 0 Å². The number of non-ortho nitro benzene ring substituents is 1. The van der Waals surface area contributed by atoms with Crippen molar-refractivity contribution >= 4 is 16.6 Å². The fourth-order valence-electron chi connectivity index (χ4n) is 1.83. The van der Waals surface area contributed by atoms with Gasteiger partial charge in [0.2, 0.25) is 0 Å². The van der Waals surface area contributed by atoms with Gasteiger partial charge < -0.3 is 0 Å². The van der Waals surface area contributed by atoms with E-state index >= 15 is 0 Å². The smallest absolute Gasteiger partial charge is 0.270 e. The molecule has 0 aliphatic carbocycles. The molecule has 0 radical (unpaired) electrons. The van der Waals surface area contributed by atoms with Gasteiger partial charge in [0.25, 0.3) is 5.69 Å². The van der Waals surface area contributed by atoms with Crippen LogP contribution in [0.5, 0.6) is 0 Å². The lowest BCUT2D eigenvalue weighted by Gasteiger charge is -1.97. The van der Waals surface area contributed by atoms with Gasteiger partial charge in [0, 0.05) is 17.5 Å². The maximum absolute atomic E-state index is 12.8. The number of rotatable bonds is 2. The lowest BCUT2D eigenvalue weighted by molar-refractivity contribution is -0.384. The van der Waals surface area contributed by atoms with Crippen LogP contribution in [0.2, 0.25) is 0 Å². The SMILES string of the molecule is O=[N+]([O-])c1ccc2[nH]nc(-c3ccc(F)cn3)c2c1. The Hall–Kier alpha value is -2.83. The molecule has 0 aliphatic heterocycles. The molecule has 94 valence electrons. The molecule has 0 aliphatic rings. The minimum Gasteiger partial charge on any atom is -0.277 e. The van der Waals surface area contributed by atoms with Crippen LogP contribution in [0, 0.1) is 15.9 Å². The van der Waals surface area contributed by atoms with Crippen LogP contribution < -0.4 is 0 Å². The van der Waals surface area contributed by atoms with Crippen LogP contribution in [-0.2, 0) is 0 Å². The second-order valence-corrected chi connectivity index (χ2v) is 3.92. The molecule has 7 heteroatoms. The molecule has 1 aromatic carbocycles. The van der Waals surface area contributed by atoms with Gasteiger partial charge in [0.1, 0.15) is 11.5 Å². The monoisotopic (exact) mass is 258 g/mol. The molecule has 0 amide bonds. The Kier molecular flexibility index (Phi) is 2.45. The summed E-state index contributed by atoms with van der Waals surface area (Å²) < 4.78 is 12.8. The number of nitrogens with one attached hydrogen (secondary N) is 1. The Morgan fingerprint density at radius 1 is 1.26 bits per heavy atom. The predicted molar refractivity (Wildman–Crippen MR) is 65.9 cm³/mol. The zero-order valence-corrected chi connectivity index (χ0v) is 9.50. The number of aromatic nitrogens is 3. The first kappa shape index (κ1) is 11.3. The first-order valence-electron chi connectivity index (χ1n) is 5.39. The summed E-state index contributed by atoms with van der Waals surface area (Å²) in [6, 6.07) is 7.12. The van der Waals surface area contributed by atoms with Gasteiger partial charge in [-0.3, -0.25) is 20.2 Å². The van der Waals surface area contributed by atoms with Gasteiger partial charge >= 0.3 is 0 Å². The van der Waals surface area contributed by atoms with Crippen molar-refractivity contribution in [3.8, 4) is 11.4 Å². The number of nitro benzene ring substituents is 1. The number of pyridine rings is 1. The molecule has 2 aromatic heterocycles. The number of benzene rings is 1. The third kappa shape index (κ3) is 1.90. The van der Waals surface area contributed by atoms with E-state index in [1.807, 2.05) is 0 Å². The van der Waals surface area contributed by atoms with E-state index in [-0.39, 0.29) is 5.69 Å². The molecule has 0 spiro atoms. The fourth-order valence-corrected chi connectivity index (χ4v) is 1.83. The third-order valence-electron chi connectivity index (χ3n) is 2.73. The van der Waals surface area contributed by atoms with Gasteiger partial charge in [-0.05, 0) is 18.2 Å². The van der Waals surface area contributed by atoms with Gasteiger partial charge in [-0.25, -0.2) is 4.39 Å². The topological polar surface area (TPSA) is 84.7 Å². The summed E-state index contributed by atoms with van der Waals surface area (Å²) in [7, 11) is 0. The van der Waals surface area contributed by atoms with Crippen LogP contribution in [0.15, 0.2) is 36.5 Å². The highest BCUT2D eigenvalue weighted by molar-refractivity contribution is 5.93. The summed E-state index contributed by atoms with van der Waals surface area (Å²) >= 11 is 0. The summed E-state index contributed by atoms with van der Waals surface area (Å²) in [6.45, 7) is 0. The van der Waals surface area contributed by atoms with Crippen molar-refractivity contribution in [1.29, 1.82) is 0 Å². The molecule has 1 N–H and O–H groups in total. The average molecular weight is 258 g/mol. The van der Waals surface area contributed by atoms with E-state index in [4.69, 9.17) is 0 Å². The second kappa shape index (κ2) is 4.13. The zero-order chi connectivity index (χ0) is 13.4. The molecule has 6 nitrogen and oxygen atoms in total. The van der Waals surface area contributed by atoms with Crippen LogP contribution in [0.1, 0.15) is 0 Å². The highest BCUT2D eigenvalue weighted by Gasteiger charge is 2.13. The van der Waals surface area contributed by atoms with Crippen molar-refractivity contribution < 1.29 is 9.31 Å². The largest absolute Gasteiger partial charge is 0.277 e. The van der Waals surface area contributed by atoms with Gasteiger partial charge in [0.15, 0.2) is 0 Å². The molecule has 0 atom stereocenters. The number of aromatic amines is 1. The first-order chi connectivity index (χ1) is 9.15. The molecule has 0 saturated carbocycles. The number of nitrogens with zero attached hydrogens (tertiary/aromatic N) is 3. The average Bonchev–Trinajstić information content (AvgIpc) is 2.82. The summed E-state index contributed by atoms with van der Waals surface area (Å²) in [5.74, 6) is -0.449. The first-order valence-corrected chi connectivity index (χ1v) is 5.39. The number of hydrogen-bond acceptors (Lipinski definition) is 4. The minimum absolute atomic E-state index is 0.0303. The quantitative estimate of drug-likeness (QED) is 0.565. The Morgan fingerprint density at radius 2 is 2.11 bits per heavy atom. The molecular formula is C12H7FN4O2. The minimum atomic E-state index is -0.478. The maximum atomic E-state index is 12.8. The lowest BCUT2D eigenvalue weighted by Crippen LogP contribution is -1.88. The van der Waals surface area contributed by atoms with Crippen LogP contribution in [0.4, 0.5) is 10.1 Å². The highest BCUT2D eigenvalue weighted by Crippen LogP contribution is 2.27. The van der Waals surface area contributed by atoms with Crippen molar-refractivity contribution in [3.05, 3.63) is 52.5 Å². The van der Waals surface area contributed by atoms with E-state index < -0.39 is 10.7 Å². The molecule has 3 rings (SSSR count). The van der Waals surface area contributed by atoms with Crippen LogP contribution in [-0.4, -0.2) is 20.1 Å². The molecule has 0 saturated heterocycles. The summed E-state index contributed by atoms with van der Waals surface area (Å²) in [4.78, 5) is 14.2. The molecule has 0 unspecified atom stereocenters. The summed E-state index contributed by atoms with van der Waals surface area (Å²) in [6.07, 6.45) is 1.08. The normalized spacial score (nSPS) is 10.8. The van der Waals surface area contributed by atoms with Crippen LogP contribution >= 0.6 is 0 Å². The summed E-state index contributed by atoms with van der Waals surface area (Å²) in [5.41, 5.74) is 1.54. The van der Waals surface area contributed by atoms with Gasteiger partial charge in [-0.15, -0.1) is 0 Å². The number of hydrogen-bond donors (Lipinski definition) is 1. The molecule has 19 heavy (non-hydrogen) atoms. The second-order valence-electron chi connectivity index (χ2n) is 3.92. The van der Waals surface area contributed by atoms with E-state index in [9.17, 15) is 14.5 Å². The molecule has 0 bridgehead atoms.